The van der Waals surface area contributed by atoms with Crippen LogP contribution in [0.1, 0.15) is 78.7 Å². The van der Waals surface area contributed by atoms with Crippen molar-refractivity contribution >= 4 is 86.4 Å². The molecule has 1 aliphatic carbocycles. The number of aliphatic hydroxyl groups is 1. The maximum Gasteiger partial charge on any atom is 0.427 e. The number of rotatable bonds is 17. The molecule has 3 aliphatic rings. The second-order valence-corrected chi connectivity index (χ2v) is 18.0. The quantitative estimate of drug-likeness (QED) is 0.0404. The molecule has 0 bridgehead atoms. The number of nitrogens with one attached hydrogen (secondary N) is 3. The van der Waals surface area contributed by atoms with Gasteiger partial charge in [0.25, 0.3) is 0 Å². The Labute approximate surface area is 381 Å². The molecule has 65 heavy (non-hydrogen) atoms. The van der Waals surface area contributed by atoms with Crippen LogP contribution in [-0.4, -0.2) is 50.6 Å². The Morgan fingerprint density at radius 3 is 2.11 bits per heavy atom. The van der Waals surface area contributed by atoms with Gasteiger partial charge in [0.05, 0.1) is 41.7 Å². The van der Waals surface area contributed by atoms with Gasteiger partial charge in [-0.2, -0.15) is 0 Å². The standard InChI is InChI=1S/C53H56B2N4O6/c1-6-9-13-33(7-2)32-65-39-26-22-37(23-27-39)55-57-43-17-11-15-35-19-29-41(49(59-55)45(35)43)47-50(60)46(51(47)61)40-28-18-34-14-10-16-42-44(34)48(40)58-54(56-42)36-20-24-38(25-21-36)63-30-12-31-64-52(62)53(4,5)8-3/h10-11,14-29,33,56-58,60H,6-9,12-13,30-32H2,1-5H3. The van der Waals surface area contributed by atoms with E-state index in [1.807, 2.05) is 130 Å². The van der Waals surface area contributed by atoms with Crippen LogP contribution >= 0.6 is 0 Å². The van der Waals surface area contributed by atoms with Gasteiger partial charge in [0.2, 0.25) is 5.78 Å². The first-order valence-electron chi connectivity index (χ1n) is 23.2. The third kappa shape index (κ3) is 8.54. The second kappa shape index (κ2) is 18.4. The van der Waals surface area contributed by atoms with Crippen molar-refractivity contribution in [2.45, 2.75) is 73.1 Å². The Hall–Kier alpha value is -6.68. The molecule has 0 radical (unpaired) electrons. The minimum atomic E-state index is -0.495. The fourth-order valence-electron chi connectivity index (χ4n) is 8.91. The van der Waals surface area contributed by atoms with Gasteiger partial charge in [-0.15, -0.1) is 0 Å². The van der Waals surface area contributed by atoms with Gasteiger partial charge < -0.3 is 39.9 Å². The van der Waals surface area contributed by atoms with Crippen molar-refractivity contribution in [1.29, 1.82) is 0 Å². The average molecular weight is 867 g/mol. The highest BCUT2D eigenvalue weighted by Gasteiger charge is 2.39. The summed E-state index contributed by atoms with van der Waals surface area (Å²) in [5.41, 5.74) is 5.20. The molecule has 1 unspecified atom stereocenters. The van der Waals surface area contributed by atoms with E-state index in [1.165, 1.54) is 19.3 Å². The van der Waals surface area contributed by atoms with Gasteiger partial charge in [0.15, 0.2) is 0 Å². The molecule has 0 saturated heterocycles. The van der Waals surface area contributed by atoms with Gasteiger partial charge in [-0.3, -0.25) is 9.59 Å². The first-order chi connectivity index (χ1) is 31.6. The van der Waals surface area contributed by atoms with Crippen LogP contribution in [0, 0.1) is 11.3 Å². The third-order valence-electron chi connectivity index (χ3n) is 13.3. The Morgan fingerprint density at radius 1 is 0.738 bits per heavy atom. The van der Waals surface area contributed by atoms with Crippen molar-refractivity contribution in [3.05, 3.63) is 131 Å². The number of nitrogens with zero attached hydrogens (tertiary/aromatic N) is 1. The summed E-state index contributed by atoms with van der Waals surface area (Å²) in [5, 5.41) is 28.1. The number of esters is 1. The van der Waals surface area contributed by atoms with Crippen LogP contribution in [0.5, 0.6) is 11.5 Å². The minimum Gasteiger partial charge on any atom is -0.506 e. The molecule has 0 amide bonds. The fraction of sp³-hybridized carbons (Fsp3) is 0.302. The van der Waals surface area contributed by atoms with Crippen molar-refractivity contribution in [3.8, 4) is 11.5 Å². The number of ketones is 1. The molecule has 1 atom stereocenters. The van der Waals surface area contributed by atoms with Gasteiger partial charge in [0.1, 0.15) is 17.3 Å². The summed E-state index contributed by atoms with van der Waals surface area (Å²) in [5.74, 6) is 1.61. The summed E-state index contributed by atoms with van der Waals surface area (Å²) in [7, 11) is 0. The van der Waals surface area contributed by atoms with E-state index in [4.69, 9.17) is 19.1 Å². The van der Waals surface area contributed by atoms with Crippen molar-refractivity contribution in [2.24, 2.45) is 16.2 Å². The van der Waals surface area contributed by atoms with E-state index in [-0.39, 0.29) is 35.6 Å². The highest BCUT2D eigenvalue weighted by molar-refractivity contribution is 6.80. The molecule has 0 spiro atoms. The molecule has 6 aromatic carbocycles. The lowest BCUT2D eigenvalue weighted by Gasteiger charge is -2.31. The zero-order valence-electron chi connectivity index (χ0n) is 37.9. The average Bonchev–Trinajstić information content (AvgIpc) is 3.33. The number of carbonyl (C=O) groups excluding carboxylic acids is 2. The molecule has 330 valence electrons. The normalized spacial score (nSPS) is 15.4. The SMILES string of the molecule is CCCCC(CC)COc1ccc(B2N=c3c(=C4C(=O)C(c5ccc6cccc7c6c5NB(c5ccc(OCCCOC(=O)C(C)(C)CC)cc5)N7)=C4O)ccc4cccc(c34)N2)cc1. The summed E-state index contributed by atoms with van der Waals surface area (Å²) in [6, 6.07) is 35.9. The Balaban J connectivity index is 0.988. The molecule has 2 aliphatic heterocycles. The molecular weight excluding hydrogens is 810 g/mol. The van der Waals surface area contributed by atoms with Gasteiger partial charge in [0, 0.05) is 45.0 Å². The third-order valence-corrected chi connectivity index (χ3v) is 13.3. The van der Waals surface area contributed by atoms with E-state index >= 15 is 0 Å². The minimum absolute atomic E-state index is 0.0468. The van der Waals surface area contributed by atoms with Gasteiger partial charge in [-0.25, -0.2) is 0 Å². The molecule has 9 rings (SSSR count). The van der Waals surface area contributed by atoms with Gasteiger partial charge >= 0.3 is 19.9 Å². The van der Waals surface area contributed by atoms with E-state index in [2.05, 4.69) is 29.5 Å². The molecule has 2 heterocycles. The number of hydrogen-bond acceptors (Lipinski definition) is 10. The maximum absolute atomic E-state index is 14.6. The molecule has 10 nitrogen and oxygen atoms in total. The molecule has 0 saturated carbocycles. The topological polar surface area (TPSA) is 131 Å². The lowest BCUT2D eigenvalue weighted by atomic mass is 9.65. The van der Waals surface area contributed by atoms with E-state index in [1.54, 1.807) is 0 Å². The Kier molecular flexibility index (Phi) is 12.4. The van der Waals surface area contributed by atoms with Gasteiger partial charge in [-0.1, -0.05) is 113 Å². The number of anilines is 3. The van der Waals surface area contributed by atoms with Crippen molar-refractivity contribution < 1.29 is 28.9 Å². The Morgan fingerprint density at radius 2 is 1.42 bits per heavy atom. The predicted molar refractivity (Wildman–Crippen MR) is 265 cm³/mol. The number of unbranched alkanes of at least 4 members (excludes halogenated alkanes) is 1. The van der Waals surface area contributed by atoms with Crippen molar-refractivity contribution in [3.63, 3.8) is 0 Å². The lowest BCUT2D eigenvalue weighted by molar-refractivity contribution is -0.154. The lowest BCUT2D eigenvalue weighted by Crippen LogP contribution is -2.48. The van der Waals surface area contributed by atoms with Crippen LogP contribution in [0.25, 0.3) is 32.7 Å². The number of Topliss-reactive ketones (excluding diaryl/α,β-unsaturated/α-hetero) is 1. The molecular formula is C53H56B2N4O6. The Bertz CT molecular complexity index is 2950. The van der Waals surface area contributed by atoms with E-state index < -0.39 is 12.4 Å². The molecule has 0 aromatic heterocycles. The van der Waals surface area contributed by atoms with Crippen LogP contribution in [0.4, 0.5) is 17.1 Å². The van der Waals surface area contributed by atoms with Crippen LogP contribution < -0.4 is 46.7 Å². The number of allylic oxidation sites excluding steroid dienone is 2. The maximum atomic E-state index is 14.6. The first-order valence-corrected chi connectivity index (χ1v) is 23.2. The number of ether oxygens (including phenoxy) is 3. The van der Waals surface area contributed by atoms with Crippen LogP contribution in [0.15, 0.2) is 120 Å². The highest BCUT2D eigenvalue weighted by Crippen LogP contribution is 2.45. The predicted octanol–water partition coefficient (Wildman–Crippen LogP) is 8.71. The van der Waals surface area contributed by atoms with Crippen LogP contribution in [-0.2, 0) is 14.3 Å². The molecule has 4 N–H and O–H groups in total. The number of hydrogen-bond donors (Lipinski definition) is 4. The molecule has 6 aromatic rings. The fourth-order valence-corrected chi connectivity index (χ4v) is 8.91. The zero-order valence-corrected chi connectivity index (χ0v) is 37.9. The summed E-state index contributed by atoms with van der Waals surface area (Å²) < 4.78 is 17.6. The summed E-state index contributed by atoms with van der Waals surface area (Å²) in [4.78, 5) is 32.1. The number of carbonyl (C=O) groups is 2. The van der Waals surface area contributed by atoms with E-state index in [9.17, 15) is 14.7 Å². The van der Waals surface area contributed by atoms with Gasteiger partial charge in [-0.05, 0) is 90.7 Å². The van der Waals surface area contributed by atoms with Crippen LogP contribution in [0.2, 0.25) is 0 Å². The number of aliphatic hydroxyl groups excluding tert-OH is 1. The first kappa shape index (κ1) is 43.6. The van der Waals surface area contributed by atoms with Crippen molar-refractivity contribution in [1.82, 2.24) is 0 Å². The largest absolute Gasteiger partial charge is 0.506 e. The second-order valence-electron chi connectivity index (χ2n) is 18.0. The smallest absolute Gasteiger partial charge is 0.427 e. The molecule has 0 fully saturated rings. The van der Waals surface area contributed by atoms with Crippen molar-refractivity contribution in [2.75, 3.05) is 35.5 Å². The zero-order chi connectivity index (χ0) is 45.2. The van der Waals surface area contributed by atoms with E-state index in [0.29, 0.717) is 54.0 Å². The van der Waals surface area contributed by atoms with E-state index in [0.717, 1.165) is 68.1 Å². The summed E-state index contributed by atoms with van der Waals surface area (Å²) in [6.07, 6.45) is 5.97. The monoisotopic (exact) mass is 866 g/mol. The molecule has 12 heteroatoms. The highest BCUT2D eigenvalue weighted by atomic mass is 16.5. The van der Waals surface area contributed by atoms with Crippen LogP contribution in [0.3, 0.4) is 0 Å². The summed E-state index contributed by atoms with van der Waals surface area (Å²) >= 11 is 0. The summed E-state index contributed by atoms with van der Waals surface area (Å²) in [6.45, 7) is 10.9. The number of benzene rings is 6.